The van der Waals surface area contributed by atoms with Gasteiger partial charge in [-0.25, -0.2) is 0 Å². The highest BCUT2D eigenvalue weighted by Crippen LogP contribution is 2.12. The minimum absolute atomic E-state index is 0.584. The topological polar surface area (TPSA) is 0 Å². The molecule has 1 rings (SSSR count). The molecule has 0 atom stereocenters. The van der Waals surface area contributed by atoms with Crippen LogP contribution in [0.3, 0.4) is 0 Å². The van der Waals surface area contributed by atoms with E-state index in [0.29, 0.717) is 5.88 Å². The van der Waals surface area contributed by atoms with Gasteiger partial charge in [-0.15, -0.1) is 11.6 Å². The van der Waals surface area contributed by atoms with Crippen LogP contribution in [0.5, 0.6) is 0 Å². The molecule has 0 aliphatic carbocycles. The number of allylic oxidation sites excluding steroid dienone is 1. The monoisotopic (exact) mass is 166 g/mol. The van der Waals surface area contributed by atoms with Crippen LogP contribution in [-0.4, -0.2) is 0 Å². The number of hydrogen-bond donors (Lipinski definition) is 0. The molecule has 0 bridgehead atoms. The summed E-state index contributed by atoms with van der Waals surface area (Å²) in [6.07, 6.45) is 4.09. The maximum atomic E-state index is 5.73. The smallest absolute Gasteiger partial charge is 0.0479 e. The maximum absolute atomic E-state index is 5.73. The molecule has 0 amide bonds. The van der Waals surface area contributed by atoms with E-state index in [4.69, 9.17) is 11.6 Å². The Morgan fingerprint density at radius 2 is 2.09 bits per heavy atom. The molecular weight excluding hydrogens is 156 g/mol. The molecule has 0 unspecified atom stereocenters. The zero-order valence-electron chi connectivity index (χ0n) is 6.55. The molecule has 0 fully saturated rings. The lowest BCUT2D eigenvalue weighted by Crippen LogP contribution is -1.81. The van der Waals surface area contributed by atoms with Gasteiger partial charge in [0.15, 0.2) is 0 Å². The van der Waals surface area contributed by atoms with Crippen molar-refractivity contribution in [3.63, 3.8) is 0 Å². The second-order valence-electron chi connectivity index (χ2n) is 2.33. The van der Waals surface area contributed by atoms with Crippen molar-refractivity contribution in [3.05, 3.63) is 41.5 Å². The third-order valence-electron chi connectivity index (χ3n) is 1.55. The third-order valence-corrected chi connectivity index (χ3v) is 1.83. The van der Waals surface area contributed by atoms with Crippen molar-refractivity contribution in [3.8, 4) is 0 Å². The van der Waals surface area contributed by atoms with Gasteiger partial charge < -0.3 is 0 Å². The Morgan fingerprint density at radius 1 is 1.36 bits per heavy atom. The van der Waals surface area contributed by atoms with E-state index in [9.17, 15) is 0 Å². The molecule has 1 aromatic rings. The number of rotatable bonds is 2. The molecule has 0 spiro atoms. The van der Waals surface area contributed by atoms with Gasteiger partial charge in [0.1, 0.15) is 0 Å². The van der Waals surface area contributed by atoms with Crippen LogP contribution in [0.25, 0.3) is 6.08 Å². The van der Waals surface area contributed by atoms with Gasteiger partial charge in [0.2, 0.25) is 0 Å². The number of halogens is 1. The van der Waals surface area contributed by atoms with E-state index in [1.165, 1.54) is 11.1 Å². The van der Waals surface area contributed by atoms with Crippen molar-refractivity contribution in [2.24, 2.45) is 0 Å². The molecule has 1 aromatic carbocycles. The van der Waals surface area contributed by atoms with Crippen LogP contribution in [0.4, 0.5) is 0 Å². The van der Waals surface area contributed by atoms with E-state index in [1.54, 1.807) is 0 Å². The van der Waals surface area contributed by atoms with Crippen LogP contribution in [0.1, 0.15) is 18.1 Å². The molecule has 0 radical (unpaired) electrons. The molecule has 0 saturated carbocycles. The molecule has 11 heavy (non-hydrogen) atoms. The number of hydrogen-bond acceptors (Lipinski definition) is 0. The summed E-state index contributed by atoms with van der Waals surface area (Å²) in [5.41, 5.74) is 2.40. The number of alkyl halides is 1. The normalized spacial score (nSPS) is 10.7. The Hall–Kier alpha value is -0.750. The van der Waals surface area contributed by atoms with Gasteiger partial charge in [0.05, 0.1) is 0 Å². The molecule has 0 aliphatic rings. The van der Waals surface area contributed by atoms with E-state index in [-0.39, 0.29) is 0 Å². The Balaban J connectivity index is 3.02. The summed E-state index contributed by atoms with van der Waals surface area (Å²) in [4.78, 5) is 0. The lowest BCUT2D eigenvalue weighted by Gasteiger charge is -1.99. The van der Waals surface area contributed by atoms with Gasteiger partial charge in [-0.1, -0.05) is 36.4 Å². The molecule has 0 nitrogen and oxygen atoms in total. The van der Waals surface area contributed by atoms with Gasteiger partial charge in [0.25, 0.3) is 0 Å². The highest BCUT2D eigenvalue weighted by atomic mass is 35.5. The van der Waals surface area contributed by atoms with Gasteiger partial charge >= 0.3 is 0 Å². The van der Waals surface area contributed by atoms with Gasteiger partial charge in [0, 0.05) is 5.88 Å². The van der Waals surface area contributed by atoms with Crippen molar-refractivity contribution in [2.75, 3.05) is 0 Å². The Morgan fingerprint density at radius 3 is 2.73 bits per heavy atom. The van der Waals surface area contributed by atoms with Crippen LogP contribution in [0.2, 0.25) is 0 Å². The first-order chi connectivity index (χ1) is 5.38. The zero-order chi connectivity index (χ0) is 8.10. The fraction of sp³-hybridized carbons (Fsp3) is 0.200. The predicted molar refractivity (Wildman–Crippen MR) is 50.7 cm³/mol. The first-order valence-corrected chi connectivity index (χ1v) is 4.18. The van der Waals surface area contributed by atoms with Crippen molar-refractivity contribution in [1.82, 2.24) is 0 Å². The van der Waals surface area contributed by atoms with E-state index < -0.39 is 0 Å². The summed E-state index contributed by atoms with van der Waals surface area (Å²) >= 11 is 5.73. The summed E-state index contributed by atoms with van der Waals surface area (Å²) < 4.78 is 0. The molecule has 0 heterocycles. The quantitative estimate of drug-likeness (QED) is 0.591. The molecule has 0 aliphatic heterocycles. The van der Waals surface area contributed by atoms with Crippen molar-refractivity contribution >= 4 is 17.7 Å². The van der Waals surface area contributed by atoms with Gasteiger partial charge in [-0.3, -0.25) is 0 Å². The molecule has 1 heteroatoms. The molecule has 0 N–H and O–H groups in total. The fourth-order valence-corrected chi connectivity index (χ4v) is 1.24. The standard InChI is InChI=1S/C10H11Cl/c1-2-5-9-6-3-4-7-10(9)8-11/h2-7H,8H2,1H3/b5-2+. The SMILES string of the molecule is C/C=C/c1ccccc1CCl. The largest absolute Gasteiger partial charge is 0.122 e. The van der Waals surface area contributed by atoms with Crippen LogP contribution < -0.4 is 0 Å². The average Bonchev–Trinajstić information content (AvgIpc) is 2.06. The molecular formula is C10H11Cl. The summed E-state index contributed by atoms with van der Waals surface area (Å²) in [7, 11) is 0. The van der Waals surface area contributed by atoms with Crippen molar-refractivity contribution in [2.45, 2.75) is 12.8 Å². The van der Waals surface area contributed by atoms with Crippen molar-refractivity contribution in [1.29, 1.82) is 0 Å². The minimum Gasteiger partial charge on any atom is -0.122 e. The lowest BCUT2D eigenvalue weighted by molar-refractivity contribution is 1.38. The van der Waals surface area contributed by atoms with Gasteiger partial charge in [-0.2, -0.15) is 0 Å². The summed E-state index contributed by atoms with van der Waals surface area (Å²) in [6.45, 7) is 2.00. The fourth-order valence-electron chi connectivity index (χ4n) is 0.998. The van der Waals surface area contributed by atoms with E-state index >= 15 is 0 Å². The highest BCUT2D eigenvalue weighted by Gasteiger charge is 1.93. The number of benzene rings is 1. The summed E-state index contributed by atoms with van der Waals surface area (Å²) in [5, 5.41) is 0. The van der Waals surface area contributed by atoms with E-state index in [2.05, 4.69) is 12.1 Å². The lowest BCUT2D eigenvalue weighted by atomic mass is 10.1. The summed E-state index contributed by atoms with van der Waals surface area (Å²) in [5.74, 6) is 0.584. The van der Waals surface area contributed by atoms with Crippen LogP contribution >= 0.6 is 11.6 Å². The predicted octanol–water partition coefficient (Wildman–Crippen LogP) is 3.46. The van der Waals surface area contributed by atoms with Crippen LogP contribution in [0.15, 0.2) is 30.3 Å². The Labute approximate surface area is 72.5 Å². The zero-order valence-corrected chi connectivity index (χ0v) is 7.31. The first-order valence-electron chi connectivity index (χ1n) is 3.65. The van der Waals surface area contributed by atoms with E-state index in [0.717, 1.165) is 0 Å². The second-order valence-corrected chi connectivity index (χ2v) is 2.60. The van der Waals surface area contributed by atoms with Crippen molar-refractivity contribution < 1.29 is 0 Å². The second kappa shape index (κ2) is 4.20. The summed E-state index contributed by atoms with van der Waals surface area (Å²) in [6, 6.07) is 8.14. The van der Waals surface area contributed by atoms with Crippen LogP contribution in [0, 0.1) is 0 Å². The Kier molecular flexibility index (Phi) is 3.18. The van der Waals surface area contributed by atoms with Gasteiger partial charge in [-0.05, 0) is 18.1 Å². The van der Waals surface area contributed by atoms with Crippen LogP contribution in [-0.2, 0) is 5.88 Å². The molecule has 0 aromatic heterocycles. The molecule has 58 valence electrons. The van der Waals surface area contributed by atoms with E-state index in [1.807, 2.05) is 31.2 Å². The Bertz CT molecular complexity index is 251. The maximum Gasteiger partial charge on any atom is 0.0479 e. The molecule has 0 saturated heterocycles. The average molecular weight is 167 g/mol. The minimum atomic E-state index is 0.584. The third kappa shape index (κ3) is 2.09. The first kappa shape index (κ1) is 8.35. The highest BCUT2D eigenvalue weighted by molar-refractivity contribution is 6.17.